The van der Waals surface area contributed by atoms with E-state index in [1.807, 2.05) is 6.08 Å². The van der Waals surface area contributed by atoms with Gasteiger partial charge in [0.05, 0.1) is 11.7 Å². The molecule has 4 heteroatoms. The van der Waals surface area contributed by atoms with Crippen LogP contribution in [0.15, 0.2) is 35.9 Å². The minimum absolute atomic E-state index is 0.0454. The third kappa shape index (κ3) is 2.41. The van der Waals surface area contributed by atoms with Gasteiger partial charge in [-0.3, -0.25) is 4.79 Å². The largest absolute Gasteiger partial charge is 0.387 e. The highest BCUT2D eigenvalue weighted by Gasteiger charge is 2.64. The molecule has 3 unspecified atom stereocenters. The summed E-state index contributed by atoms with van der Waals surface area (Å²) in [6.07, 6.45) is 6.48. The van der Waals surface area contributed by atoms with E-state index in [0.717, 1.165) is 25.7 Å². The van der Waals surface area contributed by atoms with Crippen molar-refractivity contribution in [2.75, 3.05) is 0 Å². The van der Waals surface area contributed by atoms with Gasteiger partial charge in [-0.15, -0.1) is 0 Å². The van der Waals surface area contributed by atoms with E-state index in [1.165, 1.54) is 34.2 Å². The van der Waals surface area contributed by atoms with E-state index in [1.54, 1.807) is 13.8 Å². The van der Waals surface area contributed by atoms with Crippen molar-refractivity contribution in [3.63, 3.8) is 0 Å². The van der Waals surface area contributed by atoms with Gasteiger partial charge in [0.25, 0.3) is 0 Å². The SMILES string of the molecule is CC(C)(O)C1OC2CC[C@@]3(C)C(CC[C@H]4Cc5c([nH]c6ccccc56)[C@@]43C)C2=CC1=O. The van der Waals surface area contributed by atoms with Crippen LogP contribution in [0.5, 0.6) is 0 Å². The summed E-state index contributed by atoms with van der Waals surface area (Å²) in [5, 5.41) is 11.8. The van der Waals surface area contributed by atoms with Crippen molar-refractivity contribution in [1.82, 2.24) is 4.98 Å². The predicted octanol–water partition coefficient (Wildman–Crippen LogP) is 4.84. The summed E-state index contributed by atoms with van der Waals surface area (Å²) in [4.78, 5) is 16.8. The lowest BCUT2D eigenvalue weighted by molar-refractivity contribution is -0.161. The molecule has 0 spiro atoms. The first-order chi connectivity index (χ1) is 14.6. The summed E-state index contributed by atoms with van der Waals surface area (Å²) < 4.78 is 6.25. The van der Waals surface area contributed by atoms with E-state index >= 15 is 0 Å². The molecule has 0 bridgehead atoms. The van der Waals surface area contributed by atoms with Crippen molar-refractivity contribution in [3.05, 3.63) is 47.2 Å². The molecular formula is C27H33NO3. The van der Waals surface area contributed by atoms with Crippen molar-refractivity contribution in [3.8, 4) is 0 Å². The molecule has 4 aliphatic rings. The van der Waals surface area contributed by atoms with Gasteiger partial charge in [-0.2, -0.15) is 0 Å². The van der Waals surface area contributed by atoms with Gasteiger partial charge in [-0.25, -0.2) is 0 Å². The molecule has 164 valence electrons. The second-order valence-corrected chi connectivity index (χ2v) is 11.4. The monoisotopic (exact) mass is 419 g/mol. The van der Waals surface area contributed by atoms with Crippen LogP contribution in [0.2, 0.25) is 0 Å². The van der Waals surface area contributed by atoms with Gasteiger partial charge >= 0.3 is 0 Å². The molecule has 4 nitrogen and oxygen atoms in total. The average Bonchev–Trinajstić information content (AvgIpc) is 3.22. The van der Waals surface area contributed by atoms with Gasteiger partial charge in [0, 0.05) is 22.0 Å². The molecule has 1 aromatic carbocycles. The number of rotatable bonds is 1. The molecule has 1 aromatic heterocycles. The molecule has 6 rings (SSSR count). The van der Waals surface area contributed by atoms with Gasteiger partial charge in [0.15, 0.2) is 5.78 Å². The maximum Gasteiger partial charge on any atom is 0.187 e. The van der Waals surface area contributed by atoms with Crippen LogP contribution in [0.1, 0.15) is 64.6 Å². The Kier molecular flexibility index (Phi) is 3.89. The molecule has 0 saturated heterocycles. The third-order valence-corrected chi connectivity index (χ3v) is 9.57. The number of ketones is 1. The van der Waals surface area contributed by atoms with Crippen LogP contribution < -0.4 is 0 Å². The number of hydrogen-bond donors (Lipinski definition) is 2. The predicted molar refractivity (Wildman–Crippen MR) is 121 cm³/mol. The molecule has 0 amide bonds. The van der Waals surface area contributed by atoms with E-state index in [9.17, 15) is 9.90 Å². The molecule has 2 saturated carbocycles. The van der Waals surface area contributed by atoms with Gasteiger partial charge < -0.3 is 14.8 Å². The Morgan fingerprint density at radius 1 is 1.16 bits per heavy atom. The topological polar surface area (TPSA) is 62.3 Å². The second-order valence-electron chi connectivity index (χ2n) is 11.4. The highest BCUT2D eigenvalue weighted by atomic mass is 16.5. The first-order valence-electron chi connectivity index (χ1n) is 11.9. The van der Waals surface area contributed by atoms with Crippen LogP contribution in [-0.4, -0.2) is 33.7 Å². The fourth-order valence-electron chi connectivity index (χ4n) is 7.82. The highest BCUT2D eigenvalue weighted by Crippen LogP contribution is 2.67. The Labute approximate surface area is 184 Å². The number of aliphatic hydroxyl groups is 1. The van der Waals surface area contributed by atoms with Crippen LogP contribution in [-0.2, 0) is 21.4 Å². The van der Waals surface area contributed by atoms with E-state index in [2.05, 4.69) is 43.1 Å². The van der Waals surface area contributed by atoms with Crippen molar-refractivity contribution in [2.24, 2.45) is 17.3 Å². The van der Waals surface area contributed by atoms with E-state index in [4.69, 9.17) is 4.74 Å². The zero-order valence-electron chi connectivity index (χ0n) is 19.0. The number of carbonyl (C=O) groups excluding carboxylic acids is 1. The summed E-state index contributed by atoms with van der Waals surface area (Å²) in [6.45, 7) is 8.29. The number of H-pyrrole nitrogens is 1. The van der Waals surface area contributed by atoms with E-state index in [-0.39, 0.29) is 22.7 Å². The lowest BCUT2D eigenvalue weighted by Gasteiger charge is -2.60. The Bertz CT molecular complexity index is 1120. The maximum atomic E-state index is 12.9. The standard InChI is InChI=1S/C27H33NO3/c1-25(2,30)24-21(29)14-18-19-10-9-15-13-17-16-7-5-6-8-20(16)28-23(17)27(15,4)26(19,3)12-11-22(18)31-24/h5-8,14-15,19,22,24,28,30H,9-13H2,1-4H3/t15-,19?,22?,24?,26-,27+/m0/s1. The van der Waals surface area contributed by atoms with Crippen LogP contribution in [0.3, 0.4) is 0 Å². The zero-order chi connectivity index (χ0) is 21.8. The summed E-state index contributed by atoms with van der Waals surface area (Å²) in [5.41, 5.74) is 4.36. The van der Waals surface area contributed by atoms with Crippen LogP contribution >= 0.6 is 0 Å². The van der Waals surface area contributed by atoms with E-state index < -0.39 is 11.7 Å². The summed E-state index contributed by atoms with van der Waals surface area (Å²) in [5.74, 6) is 0.908. The molecular weight excluding hydrogens is 386 g/mol. The zero-order valence-corrected chi connectivity index (χ0v) is 19.0. The first-order valence-corrected chi connectivity index (χ1v) is 11.9. The number of hydrogen-bond acceptors (Lipinski definition) is 3. The van der Waals surface area contributed by atoms with Crippen molar-refractivity contribution >= 4 is 16.7 Å². The Morgan fingerprint density at radius 2 is 1.94 bits per heavy atom. The number of benzene rings is 1. The first kappa shape index (κ1) is 19.8. The Morgan fingerprint density at radius 3 is 2.71 bits per heavy atom. The third-order valence-electron chi connectivity index (χ3n) is 9.57. The van der Waals surface area contributed by atoms with Gasteiger partial charge in [-0.05, 0) is 86.5 Å². The van der Waals surface area contributed by atoms with Crippen LogP contribution in [0.4, 0.5) is 0 Å². The normalized spacial score (nSPS) is 39.5. The summed E-state index contributed by atoms with van der Waals surface area (Å²) in [7, 11) is 0. The number of fused-ring (bicyclic) bond motifs is 9. The fourth-order valence-corrected chi connectivity index (χ4v) is 7.82. The van der Waals surface area contributed by atoms with Crippen LogP contribution in [0.25, 0.3) is 10.9 Å². The number of aromatic nitrogens is 1. The molecule has 6 atom stereocenters. The van der Waals surface area contributed by atoms with Crippen molar-refractivity contribution in [2.45, 2.75) is 83.0 Å². The molecule has 2 fully saturated rings. The van der Waals surface area contributed by atoms with Crippen molar-refractivity contribution in [1.29, 1.82) is 0 Å². The fraction of sp³-hybridized carbons (Fsp3) is 0.593. The molecule has 3 aliphatic carbocycles. The van der Waals surface area contributed by atoms with E-state index in [0.29, 0.717) is 11.8 Å². The average molecular weight is 420 g/mol. The highest BCUT2D eigenvalue weighted by molar-refractivity contribution is 5.96. The minimum atomic E-state index is -1.16. The molecule has 2 N–H and O–H groups in total. The van der Waals surface area contributed by atoms with Gasteiger partial charge in [0.1, 0.15) is 6.10 Å². The number of nitrogens with one attached hydrogen (secondary N) is 1. The molecule has 0 radical (unpaired) electrons. The van der Waals surface area contributed by atoms with Crippen LogP contribution in [0, 0.1) is 17.3 Å². The molecule has 2 aromatic rings. The lowest BCUT2D eigenvalue weighted by Crippen LogP contribution is -2.59. The second kappa shape index (κ2) is 6.11. The number of carbonyl (C=O) groups is 1. The Hall–Kier alpha value is -1.91. The lowest BCUT2D eigenvalue weighted by atomic mass is 9.44. The van der Waals surface area contributed by atoms with Gasteiger partial charge in [-0.1, -0.05) is 32.0 Å². The van der Waals surface area contributed by atoms with Crippen molar-refractivity contribution < 1.29 is 14.6 Å². The van der Waals surface area contributed by atoms with Gasteiger partial charge in [0.2, 0.25) is 0 Å². The molecule has 2 heterocycles. The molecule has 31 heavy (non-hydrogen) atoms. The minimum Gasteiger partial charge on any atom is -0.387 e. The molecule has 1 aliphatic heterocycles. The maximum absolute atomic E-state index is 12.9. The quantitative estimate of drug-likeness (QED) is 0.695. The summed E-state index contributed by atoms with van der Waals surface area (Å²) in [6, 6.07) is 8.71. The summed E-state index contributed by atoms with van der Waals surface area (Å²) >= 11 is 0. The smallest absolute Gasteiger partial charge is 0.187 e. The Balaban J connectivity index is 1.46. The number of aromatic amines is 1. The number of para-hydroxylation sites is 1. The number of ether oxygens (including phenoxy) is 1.